The standard InChI is InChI=1S/C24H28N2O6/c1-4-15(2)22(23(29)26(3)32-14-21(27)28)25-24(30)31-13-20-18-11-7-5-9-16(18)17-10-6-8-12-19(17)20/h5-12,15,20,22H,4,13-14H2,1-3H3,(H,25,30)(H,27,28). The fourth-order valence-corrected chi connectivity index (χ4v) is 3.86. The Bertz CT molecular complexity index is 946. The first-order chi connectivity index (χ1) is 15.3. The molecule has 2 atom stereocenters. The van der Waals surface area contributed by atoms with E-state index in [4.69, 9.17) is 14.7 Å². The zero-order chi connectivity index (χ0) is 23.3. The SMILES string of the molecule is CCC(C)C(NC(=O)OCC1c2ccccc2-c2ccccc21)C(=O)N(C)OCC(=O)O. The van der Waals surface area contributed by atoms with Gasteiger partial charge in [-0.2, -0.15) is 0 Å². The first-order valence-corrected chi connectivity index (χ1v) is 10.6. The summed E-state index contributed by atoms with van der Waals surface area (Å²) in [5.74, 6) is -2.05. The molecule has 170 valence electrons. The minimum absolute atomic E-state index is 0.0903. The summed E-state index contributed by atoms with van der Waals surface area (Å²) in [5.41, 5.74) is 4.44. The number of carbonyl (C=O) groups excluding carboxylic acids is 2. The maximum atomic E-state index is 12.7. The number of carboxylic acids is 1. The number of carboxylic acid groups (broad SMARTS) is 1. The second-order valence-corrected chi connectivity index (χ2v) is 7.84. The third-order valence-electron chi connectivity index (χ3n) is 5.79. The topological polar surface area (TPSA) is 105 Å². The van der Waals surface area contributed by atoms with E-state index in [0.29, 0.717) is 6.42 Å². The molecule has 8 nitrogen and oxygen atoms in total. The molecule has 0 aliphatic heterocycles. The second-order valence-electron chi connectivity index (χ2n) is 7.84. The van der Waals surface area contributed by atoms with Gasteiger partial charge in [0.05, 0.1) is 0 Å². The van der Waals surface area contributed by atoms with Crippen molar-refractivity contribution in [1.82, 2.24) is 10.4 Å². The number of hydrogen-bond acceptors (Lipinski definition) is 5. The van der Waals surface area contributed by atoms with Crippen LogP contribution in [0.1, 0.15) is 37.3 Å². The molecule has 0 heterocycles. The molecule has 1 aliphatic carbocycles. The van der Waals surface area contributed by atoms with Gasteiger partial charge < -0.3 is 15.2 Å². The van der Waals surface area contributed by atoms with Crippen molar-refractivity contribution in [2.24, 2.45) is 5.92 Å². The Kier molecular flexibility index (Phi) is 7.48. The third-order valence-corrected chi connectivity index (χ3v) is 5.79. The Balaban J connectivity index is 1.67. The molecule has 0 aromatic heterocycles. The van der Waals surface area contributed by atoms with Crippen molar-refractivity contribution in [2.75, 3.05) is 20.3 Å². The number of aliphatic carboxylic acids is 1. The lowest BCUT2D eigenvalue weighted by Crippen LogP contribution is -2.51. The monoisotopic (exact) mass is 440 g/mol. The Hall–Kier alpha value is -3.39. The molecule has 2 aromatic carbocycles. The van der Waals surface area contributed by atoms with Crippen LogP contribution in [0.25, 0.3) is 11.1 Å². The largest absolute Gasteiger partial charge is 0.479 e. The van der Waals surface area contributed by atoms with Gasteiger partial charge in [0.1, 0.15) is 12.6 Å². The van der Waals surface area contributed by atoms with Gasteiger partial charge >= 0.3 is 12.1 Å². The average molecular weight is 440 g/mol. The molecule has 3 rings (SSSR count). The highest BCUT2D eigenvalue weighted by molar-refractivity contribution is 5.85. The normalized spacial score (nSPS) is 14.1. The number of nitrogens with zero attached hydrogens (tertiary/aromatic N) is 1. The van der Waals surface area contributed by atoms with Crippen LogP contribution in [0.5, 0.6) is 0 Å². The summed E-state index contributed by atoms with van der Waals surface area (Å²) < 4.78 is 5.54. The second kappa shape index (κ2) is 10.3. The van der Waals surface area contributed by atoms with E-state index in [0.717, 1.165) is 27.3 Å². The molecule has 0 radical (unpaired) electrons. The molecule has 32 heavy (non-hydrogen) atoms. The van der Waals surface area contributed by atoms with Crippen LogP contribution in [0.4, 0.5) is 4.79 Å². The fraction of sp³-hybridized carbons (Fsp3) is 0.375. The number of nitrogens with one attached hydrogen (secondary N) is 1. The highest BCUT2D eigenvalue weighted by atomic mass is 16.7. The molecule has 2 unspecified atom stereocenters. The van der Waals surface area contributed by atoms with Gasteiger partial charge in [0.2, 0.25) is 0 Å². The number of ether oxygens (including phenoxy) is 1. The van der Waals surface area contributed by atoms with Crippen LogP contribution in [0.2, 0.25) is 0 Å². The van der Waals surface area contributed by atoms with Crippen LogP contribution in [-0.2, 0) is 19.2 Å². The molecule has 0 saturated carbocycles. The first kappa shape index (κ1) is 23.3. The van der Waals surface area contributed by atoms with E-state index in [1.165, 1.54) is 7.05 Å². The Morgan fingerprint density at radius 1 is 1.06 bits per heavy atom. The van der Waals surface area contributed by atoms with Crippen molar-refractivity contribution >= 4 is 18.0 Å². The average Bonchev–Trinajstić information content (AvgIpc) is 3.12. The quantitative estimate of drug-likeness (QED) is 0.579. The van der Waals surface area contributed by atoms with E-state index in [2.05, 4.69) is 17.4 Å². The lowest BCUT2D eigenvalue weighted by Gasteiger charge is -2.27. The van der Waals surface area contributed by atoms with E-state index in [-0.39, 0.29) is 18.4 Å². The van der Waals surface area contributed by atoms with Crippen LogP contribution >= 0.6 is 0 Å². The highest BCUT2D eigenvalue weighted by Gasteiger charge is 2.32. The Morgan fingerprint density at radius 2 is 1.62 bits per heavy atom. The van der Waals surface area contributed by atoms with Crippen molar-refractivity contribution < 1.29 is 29.1 Å². The van der Waals surface area contributed by atoms with Crippen molar-refractivity contribution in [3.63, 3.8) is 0 Å². The molecule has 0 spiro atoms. The summed E-state index contributed by atoms with van der Waals surface area (Å²) in [6.07, 6.45) is -0.0931. The Labute approximate surface area is 187 Å². The molecule has 0 saturated heterocycles. The fourth-order valence-electron chi connectivity index (χ4n) is 3.86. The molecule has 2 N–H and O–H groups in total. The summed E-state index contributed by atoms with van der Waals surface area (Å²) in [4.78, 5) is 41.0. The maximum Gasteiger partial charge on any atom is 0.407 e. The maximum absolute atomic E-state index is 12.7. The van der Waals surface area contributed by atoms with E-state index in [1.807, 2.05) is 50.2 Å². The molecule has 2 aromatic rings. The van der Waals surface area contributed by atoms with Crippen molar-refractivity contribution in [1.29, 1.82) is 0 Å². The van der Waals surface area contributed by atoms with Gasteiger partial charge in [0.25, 0.3) is 5.91 Å². The van der Waals surface area contributed by atoms with Crippen LogP contribution in [0, 0.1) is 5.92 Å². The lowest BCUT2D eigenvalue weighted by molar-refractivity contribution is -0.188. The van der Waals surface area contributed by atoms with Gasteiger partial charge in [-0.1, -0.05) is 68.8 Å². The van der Waals surface area contributed by atoms with Gasteiger partial charge in [-0.25, -0.2) is 14.7 Å². The molecule has 8 heteroatoms. The summed E-state index contributed by atoms with van der Waals surface area (Å²) in [6.45, 7) is 3.19. The smallest absolute Gasteiger partial charge is 0.407 e. The summed E-state index contributed by atoms with van der Waals surface area (Å²) in [6, 6.07) is 15.1. The number of fused-ring (bicyclic) bond motifs is 3. The lowest BCUT2D eigenvalue weighted by atomic mass is 9.98. The Morgan fingerprint density at radius 3 is 2.16 bits per heavy atom. The molecule has 1 aliphatic rings. The number of hydroxylamine groups is 2. The van der Waals surface area contributed by atoms with Gasteiger partial charge in [-0.05, 0) is 28.2 Å². The van der Waals surface area contributed by atoms with Crippen LogP contribution in [0.3, 0.4) is 0 Å². The number of alkyl carbamates (subject to hydrolysis) is 1. The van der Waals surface area contributed by atoms with Gasteiger partial charge in [-0.3, -0.25) is 9.63 Å². The van der Waals surface area contributed by atoms with Crippen LogP contribution in [0.15, 0.2) is 48.5 Å². The highest BCUT2D eigenvalue weighted by Crippen LogP contribution is 2.44. The zero-order valence-corrected chi connectivity index (χ0v) is 18.4. The number of rotatable bonds is 9. The molecular formula is C24H28N2O6. The van der Waals surface area contributed by atoms with Crippen molar-refractivity contribution in [3.05, 3.63) is 59.7 Å². The summed E-state index contributed by atoms with van der Waals surface area (Å²) in [5, 5.41) is 12.2. The molecule has 0 bridgehead atoms. The first-order valence-electron chi connectivity index (χ1n) is 10.6. The number of carbonyl (C=O) groups is 3. The van der Waals surface area contributed by atoms with Crippen LogP contribution < -0.4 is 5.32 Å². The molecular weight excluding hydrogens is 412 g/mol. The number of amides is 2. The summed E-state index contributed by atoms with van der Waals surface area (Å²) >= 11 is 0. The van der Waals surface area contributed by atoms with E-state index >= 15 is 0 Å². The van der Waals surface area contributed by atoms with Crippen LogP contribution in [-0.4, -0.2) is 54.4 Å². The minimum atomic E-state index is -1.20. The van der Waals surface area contributed by atoms with E-state index < -0.39 is 30.6 Å². The van der Waals surface area contributed by atoms with Gasteiger partial charge in [0, 0.05) is 13.0 Å². The number of hydrogen-bond donors (Lipinski definition) is 2. The molecule has 0 fully saturated rings. The third kappa shape index (κ3) is 5.08. The van der Waals surface area contributed by atoms with Crippen molar-refractivity contribution in [3.8, 4) is 11.1 Å². The number of likely N-dealkylation sites (N-methyl/N-ethyl adjacent to an activating group) is 1. The van der Waals surface area contributed by atoms with Gasteiger partial charge in [-0.15, -0.1) is 0 Å². The van der Waals surface area contributed by atoms with Gasteiger partial charge in [0.15, 0.2) is 6.61 Å². The van der Waals surface area contributed by atoms with E-state index in [9.17, 15) is 14.4 Å². The zero-order valence-electron chi connectivity index (χ0n) is 18.4. The predicted octanol–water partition coefficient (Wildman–Crippen LogP) is 3.41. The van der Waals surface area contributed by atoms with E-state index in [1.54, 1.807) is 0 Å². The predicted molar refractivity (Wildman–Crippen MR) is 118 cm³/mol. The molecule has 2 amide bonds. The van der Waals surface area contributed by atoms with Crippen molar-refractivity contribution in [2.45, 2.75) is 32.2 Å². The minimum Gasteiger partial charge on any atom is -0.479 e. The summed E-state index contributed by atoms with van der Waals surface area (Å²) in [7, 11) is 1.32. The number of benzene rings is 2.